The molecule has 4 heteroatoms. The minimum Gasteiger partial charge on any atom is -0.303 e. The topological polar surface area (TPSA) is 42.7 Å². The van der Waals surface area contributed by atoms with E-state index in [0.29, 0.717) is 5.92 Å². The molecular formula is C17H22N4. The van der Waals surface area contributed by atoms with Gasteiger partial charge >= 0.3 is 0 Å². The minimum atomic E-state index is 0.183. The summed E-state index contributed by atoms with van der Waals surface area (Å²) in [6, 6.07) is 8.88. The molecule has 4 nitrogen and oxygen atoms in total. The van der Waals surface area contributed by atoms with Crippen molar-refractivity contribution in [1.82, 2.24) is 20.1 Å². The molecule has 0 bridgehead atoms. The summed E-state index contributed by atoms with van der Waals surface area (Å²) < 4.78 is 1.98. The molecule has 0 amide bonds. The van der Waals surface area contributed by atoms with Crippen LogP contribution in [0.2, 0.25) is 0 Å². The largest absolute Gasteiger partial charge is 0.303 e. The van der Waals surface area contributed by atoms with Crippen molar-refractivity contribution in [3.8, 4) is 0 Å². The molecular weight excluding hydrogens is 260 g/mol. The SMILES string of the molecule is Cn1nc(C2CCCC2)nc1C1NCCc2ccccc21. The molecule has 2 aliphatic rings. The number of hydrogen-bond acceptors (Lipinski definition) is 3. The quantitative estimate of drug-likeness (QED) is 0.921. The Labute approximate surface area is 125 Å². The van der Waals surface area contributed by atoms with Crippen LogP contribution in [0.25, 0.3) is 0 Å². The molecule has 1 saturated carbocycles. The van der Waals surface area contributed by atoms with Gasteiger partial charge in [0, 0.05) is 19.5 Å². The Morgan fingerprint density at radius 2 is 2.00 bits per heavy atom. The third-order valence-electron chi connectivity index (χ3n) is 4.90. The highest BCUT2D eigenvalue weighted by atomic mass is 15.3. The highest BCUT2D eigenvalue weighted by Crippen LogP contribution is 2.34. The molecule has 1 aromatic carbocycles. The number of benzene rings is 1. The lowest BCUT2D eigenvalue weighted by Crippen LogP contribution is -2.32. The number of fused-ring (bicyclic) bond motifs is 1. The van der Waals surface area contributed by atoms with E-state index in [1.54, 1.807) is 0 Å². The predicted molar refractivity (Wildman–Crippen MR) is 82.2 cm³/mol. The van der Waals surface area contributed by atoms with Crippen molar-refractivity contribution in [2.45, 2.75) is 44.1 Å². The maximum Gasteiger partial charge on any atom is 0.154 e. The summed E-state index contributed by atoms with van der Waals surface area (Å²) in [6.07, 6.45) is 6.24. The van der Waals surface area contributed by atoms with Crippen LogP contribution in [0, 0.1) is 0 Å². The van der Waals surface area contributed by atoms with E-state index in [1.807, 2.05) is 11.7 Å². The Morgan fingerprint density at radius 3 is 2.86 bits per heavy atom. The molecule has 1 aliphatic heterocycles. The van der Waals surface area contributed by atoms with Crippen LogP contribution in [0.4, 0.5) is 0 Å². The normalized spacial score (nSPS) is 22.4. The maximum absolute atomic E-state index is 4.90. The molecule has 21 heavy (non-hydrogen) atoms. The summed E-state index contributed by atoms with van der Waals surface area (Å²) in [6.45, 7) is 1.01. The van der Waals surface area contributed by atoms with Gasteiger partial charge < -0.3 is 5.32 Å². The molecule has 2 aromatic rings. The molecule has 1 N–H and O–H groups in total. The van der Waals surface area contributed by atoms with Gasteiger partial charge in [-0.15, -0.1) is 0 Å². The lowest BCUT2D eigenvalue weighted by molar-refractivity contribution is 0.518. The fourth-order valence-corrected chi connectivity index (χ4v) is 3.76. The average molecular weight is 282 g/mol. The van der Waals surface area contributed by atoms with Crippen LogP contribution in [0.3, 0.4) is 0 Å². The van der Waals surface area contributed by atoms with Gasteiger partial charge in [0.2, 0.25) is 0 Å². The van der Waals surface area contributed by atoms with Crippen molar-refractivity contribution in [3.05, 3.63) is 47.0 Å². The van der Waals surface area contributed by atoms with Gasteiger partial charge in [-0.1, -0.05) is 37.1 Å². The molecule has 4 rings (SSSR count). The zero-order chi connectivity index (χ0) is 14.2. The van der Waals surface area contributed by atoms with E-state index in [0.717, 1.165) is 24.6 Å². The molecule has 0 radical (unpaired) electrons. The lowest BCUT2D eigenvalue weighted by atomic mass is 9.94. The number of nitrogens with zero attached hydrogens (tertiary/aromatic N) is 3. The molecule has 2 heterocycles. The van der Waals surface area contributed by atoms with Crippen LogP contribution in [0.5, 0.6) is 0 Å². The van der Waals surface area contributed by atoms with E-state index in [1.165, 1.54) is 36.8 Å². The first-order chi connectivity index (χ1) is 10.3. The molecule has 0 saturated heterocycles. The lowest BCUT2D eigenvalue weighted by Gasteiger charge is -2.26. The Balaban J connectivity index is 1.71. The van der Waals surface area contributed by atoms with Crippen molar-refractivity contribution >= 4 is 0 Å². The van der Waals surface area contributed by atoms with Crippen LogP contribution in [-0.4, -0.2) is 21.3 Å². The highest BCUT2D eigenvalue weighted by Gasteiger charge is 2.28. The molecule has 1 aromatic heterocycles. The second-order valence-corrected chi connectivity index (χ2v) is 6.27. The van der Waals surface area contributed by atoms with E-state index >= 15 is 0 Å². The smallest absolute Gasteiger partial charge is 0.154 e. The predicted octanol–water partition coefficient (Wildman–Crippen LogP) is 2.71. The van der Waals surface area contributed by atoms with Crippen molar-refractivity contribution in [2.75, 3.05) is 6.54 Å². The van der Waals surface area contributed by atoms with Crippen molar-refractivity contribution in [2.24, 2.45) is 7.05 Å². The minimum absolute atomic E-state index is 0.183. The molecule has 1 unspecified atom stereocenters. The van der Waals surface area contributed by atoms with Gasteiger partial charge in [-0.3, -0.25) is 4.68 Å². The van der Waals surface area contributed by atoms with Crippen LogP contribution in [-0.2, 0) is 13.5 Å². The first kappa shape index (κ1) is 13.0. The van der Waals surface area contributed by atoms with E-state index in [-0.39, 0.29) is 6.04 Å². The Kier molecular flexibility index (Phi) is 3.26. The number of aryl methyl sites for hydroxylation is 1. The van der Waals surface area contributed by atoms with Gasteiger partial charge in [0.25, 0.3) is 0 Å². The van der Waals surface area contributed by atoms with E-state index in [4.69, 9.17) is 10.1 Å². The fraction of sp³-hybridized carbons (Fsp3) is 0.529. The first-order valence-electron chi connectivity index (χ1n) is 8.05. The Bertz CT molecular complexity index is 640. The van der Waals surface area contributed by atoms with Crippen LogP contribution in [0.1, 0.15) is 60.4 Å². The van der Waals surface area contributed by atoms with E-state index in [9.17, 15) is 0 Å². The highest BCUT2D eigenvalue weighted by molar-refractivity contribution is 5.36. The van der Waals surface area contributed by atoms with Gasteiger partial charge in [-0.25, -0.2) is 4.98 Å². The molecule has 0 spiro atoms. The Morgan fingerprint density at radius 1 is 1.19 bits per heavy atom. The first-order valence-corrected chi connectivity index (χ1v) is 8.05. The summed E-state index contributed by atoms with van der Waals surface area (Å²) >= 11 is 0. The Hall–Kier alpha value is -1.68. The molecule has 1 fully saturated rings. The summed E-state index contributed by atoms with van der Waals surface area (Å²) in [4.78, 5) is 4.90. The second kappa shape index (κ2) is 5.26. The van der Waals surface area contributed by atoms with Gasteiger partial charge in [0.15, 0.2) is 5.82 Å². The van der Waals surface area contributed by atoms with Crippen molar-refractivity contribution in [1.29, 1.82) is 0 Å². The monoisotopic (exact) mass is 282 g/mol. The third kappa shape index (κ3) is 2.27. The summed E-state index contributed by atoms with van der Waals surface area (Å²) in [5.41, 5.74) is 2.80. The average Bonchev–Trinajstić information content (AvgIpc) is 3.16. The standard InChI is InChI=1S/C17H22N4/c1-21-17(19-16(20-21)13-7-2-3-8-13)15-14-9-5-4-6-12(14)10-11-18-15/h4-6,9,13,15,18H,2-3,7-8,10-11H2,1H3. The van der Waals surface area contributed by atoms with Gasteiger partial charge in [0.05, 0.1) is 6.04 Å². The fourth-order valence-electron chi connectivity index (χ4n) is 3.76. The summed E-state index contributed by atoms with van der Waals surface area (Å²) in [5.74, 6) is 2.68. The van der Waals surface area contributed by atoms with Gasteiger partial charge in [-0.2, -0.15) is 5.10 Å². The molecule has 1 atom stereocenters. The van der Waals surface area contributed by atoms with E-state index < -0.39 is 0 Å². The van der Waals surface area contributed by atoms with E-state index in [2.05, 4.69) is 29.6 Å². The molecule has 110 valence electrons. The number of hydrogen-bond donors (Lipinski definition) is 1. The van der Waals surface area contributed by atoms with Crippen LogP contribution >= 0.6 is 0 Å². The summed E-state index contributed by atoms with van der Waals surface area (Å²) in [5, 5.41) is 8.32. The second-order valence-electron chi connectivity index (χ2n) is 6.27. The van der Waals surface area contributed by atoms with Gasteiger partial charge in [-0.05, 0) is 30.4 Å². The van der Waals surface area contributed by atoms with Crippen LogP contribution < -0.4 is 5.32 Å². The third-order valence-corrected chi connectivity index (χ3v) is 4.90. The van der Waals surface area contributed by atoms with Crippen molar-refractivity contribution in [3.63, 3.8) is 0 Å². The maximum atomic E-state index is 4.90. The van der Waals surface area contributed by atoms with Crippen LogP contribution in [0.15, 0.2) is 24.3 Å². The molecule has 1 aliphatic carbocycles. The van der Waals surface area contributed by atoms with Crippen molar-refractivity contribution < 1.29 is 0 Å². The summed E-state index contributed by atoms with van der Waals surface area (Å²) in [7, 11) is 2.03. The zero-order valence-electron chi connectivity index (χ0n) is 12.5. The zero-order valence-corrected chi connectivity index (χ0v) is 12.5. The van der Waals surface area contributed by atoms with Gasteiger partial charge in [0.1, 0.15) is 5.82 Å². The number of rotatable bonds is 2. The number of nitrogens with one attached hydrogen (secondary N) is 1. The number of aromatic nitrogens is 3.